The molecule has 102 valence electrons. The number of ether oxygens (including phenoxy) is 2. The highest BCUT2D eigenvalue weighted by Gasteiger charge is 2.26. The van der Waals surface area contributed by atoms with Crippen molar-refractivity contribution in [2.75, 3.05) is 0 Å². The Morgan fingerprint density at radius 1 is 1.37 bits per heavy atom. The largest absolute Gasteiger partial charge is 0.483 e. The molecular formula is C15H16ClFO2. The van der Waals surface area contributed by atoms with Crippen LogP contribution >= 0.6 is 11.6 Å². The Bertz CT molecular complexity index is 583. The minimum absolute atomic E-state index is 0.00965. The number of rotatable bonds is 1. The summed E-state index contributed by atoms with van der Waals surface area (Å²) in [5, 5.41) is 0.232. The predicted octanol–water partition coefficient (Wildman–Crippen LogP) is 4.97. The Kier molecular flexibility index (Phi) is 3.35. The van der Waals surface area contributed by atoms with Crippen LogP contribution in [0.2, 0.25) is 5.02 Å². The van der Waals surface area contributed by atoms with Gasteiger partial charge in [-0.2, -0.15) is 4.39 Å². The summed E-state index contributed by atoms with van der Waals surface area (Å²) in [6, 6.07) is 1.65. The fourth-order valence-corrected chi connectivity index (χ4v) is 2.09. The molecule has 0 aliphatic carbocycles. The normalized spacial score (nSPS) is 14.6. The van der Waals surface area contributed by atoms with Gasteiger partial charge in [0.1, 0.15) is 11.4 Å². The Labute approximate surface area is 117 Å². The molecule has 0 amide bonds. The molecule has 0 N–H and O–H groups in total. The smallest absolute Gasteiger partial charge is 0.209 e. The third-order valence-electron chi connectivity index (χ3n) is 2.58. The Hall–Kier alpha value is -1.48. The lowest BCUT2D eigenvalue weighted by molar-refractivity contribution is 0.123. The molecule has 4 heteroatoms. The number of hydrogen-bond donors (Lipinski definition) is 0. The first-order chi connectivity index (χ1) is 8.69. The van der Waals surface area contributed by atoms with E-state index in [0.29, 0.717) is 11.3 Å². The molecule has 0 saturated carbocycles. The van der Waals surface area contributed by atoms with Crippen LogP contribution in [0.25, 0.3) is 5.57 Å². The lowest BCUT2D eigenvalue weighted by atomic mass is 10.0. The van der Waals surface area contributed by atoms with E-state index in [9.17, 15) is 4.39 Å². The monoisotopic (exact) mass is 282 g/mol. The Balaban J connectivity index is 2.59. The van der Waals surface area contributed by atoms with Gasteiger partial charge in [0.05, 0.1) is 5.02 Å². The van der Waals surface area contributed by atoms with E-state index in [1.807, 2.05) is 27.7 Å². The van der Waals surface area contributed by atoms with Crippen molar-refractivity contribution in [3.8, 4) is 11.5 Å². The van der Waals surface area contributed by atoms with Crippen LogP contribution in [0.5, 0.6) is 11.5 Å². The highest BCUT2D eigenvalue weighted by Crippen LogP contribution is 2.43. The molecule has 0 spiro atoms. The van der Waals surface area contributed by atoms with Crippen molar-refractivity contribution in [1.82, 2.24) is 0 Å². The van der Waals surface area contributed by atoms with Gasteiger partial charge in [0, 0.05) is 5.56 Å². The predicted molar refractivity (Wildman–Crippen MR) is 75.2 cm³/mol. The van der Waals surface area contributed by atoms with E-state index < -0.39 is 11.4 Å². The van der Waals surface area contributed by atoms with E-state index in [1.165, 1.54) is 0 Å². The molecule has 2 rings (SSSR count). The summed E-state index contributed by atoms with van der Waals surface area (Å²) in [6.07, 6.45) is 1.74. The first kappa shape index (κ1) is 13.9. The van der Waals surface area contributed by atoms with Gasteiger partial charge in [-0.3, -0.25) is 0 Å². The highest BCUT2D eigenvalue weighted by molar-refractivity contribution is 6.32. The van der Waals surface area contributed by atoms with E-state index in [1.54, 1.807) is 12.1 Å². The average Bonchev–Trinajstić information content (AvgIpc) is 2.25. The van der Waals surface area contributed by atoms with Gasteiger partial charge in [-0.15, -0.1) is 0 Å². The van der Waals surface area contributed by atoms with Crippen LogP contribution in [-0.2, 0) is 0 Å². The van der Waals surface area contributed by atoms with Crippen molar-refractivity contribution in [3.05, 3.63) is 40.9 Å². The third-order valence-corrected chi connectivity index (χ3v) is 2.86. The van der Waals surface area contributed by atoms with E-state index in [-0.39, 0.29) is 16.5 Å². The molecule has 1 aliphatic rings. The minimum Gasteiger partial charge on any atom is -0.483 e. The molecule has 1 aliphatic heterocycles. The maximum Gasteiger partial charge on any atom is 0.209 e. The Morgan fingerprint density at radius 3 is 2.58 bits per heavy atom. The van der Waals surface area contributed by atoms with E-state index in [0.717, 1.165) is 5.57 Å². The second-order valence-electron chi connectivity index (χ2n) is 5.49. The van der Waals surface area contributed by atoms with E-state index >= 15 is 0 Å². The van der Waals surface area contributed by atoms with Gasteiger partial charge >= 0.3 is 0 Å². The summed E-state index contributed by atoms with van der Waals surface area (Å²) in [4.78, 5) is 0. The second kappa shape index (κ2) is 4.57. The molecular weight excluding hydrogens is 267 g/mol. The van der Waals surface area contributed by atoms with Crippen molar-refractivity contribution in [2.24, 2.45) is 0 Å². The zero-order valence-corrected chi connectivity index (χ0v) is 12.2. The number of fused-ring (bicyclic) bond motifs is 1. The summed E-state index contributed by atoms with van der Waals surface area (Å²) < 4.78 is 25.4. The van der Waals surface area contributed by atoms with E-state index in [2.05, 4.69) is 6.58 Å². The third kappa shape index (κ3) is 2.76. The maximum atomic E-state index is 14.5. The van der Waals surface area contributed by atoms with Crippen LogP contribution in [0.15, 0.2) is 24.5 Å². The van der Waals surface area contributed by atoms with Crippen molar-refractivity contribution < 1.29 is 13.9 Å². The molecule has 19 heavy (non-hydrogen) atoms. The molecule has 0 atom stereocenters. The second-order valence-corrected chi connectivity index (χ2v) is 5.90. The summed E-state index contributed by atoms with van der Waals surface area (Å²) >= 11 is 6.10. The molecule has 1 aromatic carbocycles. The molecule has 0 bridgehead atoms. The molecule has 1 aromatic rings. The van der Waals surface area contributed by atoms with Gasteiger partial charge < -0.3 is 9.47 Å². The van der Waals surface area contributed by atoms with Crippen molar-refractivity contribution in [2.45, 2.75) is 33.3 Å². The molecule has 0 saturated heterocycles. The van der Waals surface area contributed by atoms with Crippen LogP contribution < -0.4 is 9.47 Å². The van der Waals surface area contributed by atoms with Crippen molar-refractivity contribution in [3.63, 3.8) is 0 Å². The topological polar surface area (TPSA) is 18.5 Å². The quantitative estimate of drug-likeness (QED) is 0.724. The minimum atomic E-state index is -0.592. The van der Waals surface area contributed by atoms with Crippen LogP contribution in [0.1, 0.15) is 33.3 Å². The number of allylic oxidation sites excluding steroid dienone is 2. The summed E-state index contributed by atoms with van der Waals surface area (Å²) in [6.45, 7) is 11.0. The zero-order chi connectivity index (χ0) is 14.4. The molecule has 0 unspecified atom stereocenters. The van der Waals surface area contributed by atoms with Crippen LogP contribution in [0.4, 0.5) is 4.39 Å². The standard InChI is InChI=1S/C15H16ClFO2/c1-8-6-9(2)18-13-10(8)7-11(16)14(12(13)17)19-15(3,4)5/h6-7H,2H2,1,3-5H3. The molecule has 2 nitrogen and oxygen atoms in total. The summed E-state index contributed by atoms with van der Waals surface area (Å²) in [7, 11) is 0. The SMILES string of the molecule is C=C1C=C(C)c2cc(Cl)c(OC(C)(C)C)c(F)c2O1. The van der Waals surface area contributed by atoms with Crippen LogP contribution in [0.3, 0.4) is 0 Å². The Morgan fingerprint density at radius 2 is 2.00 bits per heavy atom. The van der Waals surface area contributed by atoms with Gasteiger partial charge in [-0.1, -0.05) is 18.2 Å². The van der Waals surface area contributed by atoms with Crippen LogP contribution in [0, 0.1) is 5.82 Å². The molecule has 1 heterocycles. The fourth-order valence-electron chi connectivity index (χ4n) is 1.86. The van der Waals surface area contributed by atoms with Gasteiger partial charge in [-0.05, 0) is 45.4 Å². The van der Waals surface area contributed by atoms with Gasteiger partial charge in [0.2, 0.25) is 5.82 Å². The van der Waals surface area contributed by atoms with Gasteiger partial charge in [0.25, 0.3) is 0 Å². The number of benzene rings is 1. The lowest BCUT2D eigenvalue weighted by Gasteiger charge is -2.25. The van der Waals surface area contributed by atoms with Crippen LogP contribution in [-0.4, -0.2) is 5.60 Å². The highest BCUT2D eigenvalue weighted by atomic mass is 35.5. The maximum absolute atomic E-state index is 14.5. The molecule has 0 aromatic heterocycles. The fraction of sp³-hybridized carbons (Fsp3) is 0.333. The molecule has 0 radical (unpaired) electrons. The average molecular weight is 283 g/mol. The first-order valence-electron chi connectivity index (χ1n) is 5.95. The molecule has 0 fully saturated rings. The zero-order valence-electron chi connectivity index (χ0n) is 11.4. The van der Waals surface area contributed by atoms with Gasteiger partial charge in [-0.25, -0.2) is 0 Å². The van der Waals surface area contributed by atoms with Gasteiger partial charge in [0.15, 0.2) is 11.5 Å². The summed E-state index contributed by atoms with van der Waals surface area (Å²) in [5.74, 6) is -0.0666. The van der Waals surface area contributed by atoms with Crippen molar-refractivity contribution >= 4 is 17.2 Å². The van der Waals surface area contributed by atoms with E-state index in [4.69, 9.17) is 21.1 Å². The first-order valence-corrected chi connectivity index (χ1v) is 6.33. The number of halogens is 2. The summed E-state index contributed by atoms with van der Waals surface area (Å²) in [5.41, 5.74) is 0.931. The lowest BCUT2D eigenvalue weighted by Crippen LogP contribution is -2.24. The van der Waals surface area contributed by atoms with Crippen molar-refractivity contribution in [1.29, 1.82) is 0 Å². The number of hydrogen-bond acceptors (Lipinski definition) is 2.